The Morgan fingerprint density at radius 3 is 1.65 bits per heavy atom. The predicted octanol–water partition coefficient (Wildman–Crippen LogP) is 17.2. The number of anilines is 3. The van der Waals surface area contributed by atoms with Gasteiger partial charge in [-0.25, -0.2) is 0 Å². The maximum absolute atomic E-state index is 6.53. The highest BCUT2D eigenvalue weighted by molar-refractivity contribution is 6.22. The van der Waals surface area contributed by atoms with Gasteiger partial charge in [-0.3, -0.25) is 0 Å². The van der Waals surface area contributed by atoms with E-state index in [9.17, 15) is 0 Å². The molecule has 0 spiro atoms. The fourth-order valence-electron chi connectivity index (χ4n) is 9.72. The largest absolute Gasteiger partial charge is 0.456 e. The second-order valence-electron chi connectivity index (χ2n) is 16.0. The topological polar surface area (TPSA) is 16.4 Å². The highest BCUT2D eigenvalue weighted by Gasteiger charge is 2.24. The van der Waals surface area contributed by atoms with E-state index in [0.29, 0.717) is 0 Å². The van der Waals surface area contributed by atoms with Crippen molar-refractivity contribution >= 4 is 71.3 Å². The summed E-state index contributed by atoms with van der Waals surface area (Å²) in [6.07, 6.45) is 0. The number of benzene rings is 11. The molecule has 0 bridgehead atoms. The van der Waals surface area contributed by atoms with Gasteiger partial charge < -0.3 is 9.32 Å². The molecule has 0 atom stereocenters. The molecule has 12 aromatic rings. The van der Waals surface area contributed by atoms with Gasteiger partial charge in [0.15, 0.2) is 0 Å². The lowest BCUT2D eigenvalue weighted by atomic mass is 9.84. The van der Waals surface area contributed by atoms with E-state index in [-0.39, 0.29) is 0 Å². The van der Waals surface area contributed by atoms with Crippen LogP contribution in [0.2, 0.25) is 0 Å². The minimum Gasteiger partial charge on any atom is -0.456 e. The van der Waals surface area contributed by atoms with E-state index in [2.05, 4.69) is 235 Å². The zero-order valence-corrected chi connectivity index (χ0v) is 33.9. The number of fused-ring (bicyclic) bond motifs is 7. The Morgan fingerprint density at radius 1 is 0.290 bits per heavy atom. The van der Waals surface area contributed by atoms with Crippen LogP contribution in [0.15, 0.2) is 241 Å². The first-order chi connectivity index (χ1) is 30.8. The molecule has 290 valence electrons. The third kappa shape index (κ3) is 5.88. The van der Waals surface area contributed by atoms with E-state index in [4.69, 9.17) is 4.42 Å². The summed E-state index contributed by atoms with van der Waals surface area (Å²) in [6, 6.07) is 85.6. The van der Waals surface area contributed by atoms with Gasteiger partial charge in [-0.1, -0.05) is 194 Å². The Morgan fingerprint density at radius 2 is 0.823 bits per heavy atom. The maximum Gasteiger partial charge on any atom is 0.137 e. The Balaban J connectivity index is 1.14. The summed E-state index contributed by atoms with van der Waals surface area (Å²) in [5.74, 6) is 0. The number of para-hydroxylation sites is 2. The molecule has 0 aliphatic carbocycles. The number of furan rings is 1. The molecule has 0 N–H and O–H groups in total. The van der Waals surface area contributed by atoms with Crippen LogP contribution in [0.3, 0.4) is 0 Å². The molecule has 0 aliphatic rings. The van der Waals surface area contributed by atoms with E-state index in [1.165, 1.54) is 60.1 Å². The molecule has 0 saturated carbocycles. The summed E-state index contributed by atoms with van der Waals surface area (Å²) in [5.41, 5.74) is 14.4. The SMILES string of the molecule is c1ccc(-c2c(-c3ccccc3)c3cc(-c4ccccc4N(c4cccc(-c5cccc6ccccc56)c4)c4cccc5oc6ccccc6c45)ccc3c3ccccc23)cc1. The van der Waals surface area contributed by atoms with Gasteiger partial charge in [0.1, 0.15) is 11.2 Å². The van der Waals surface area contributed by atoms with Crippen LogP contribution in [0.1, 0.15) is 0 Å². The third-order valence-electron chi connectivity index (χ3n) is 12.4. The van der Waals surface area contributed by atoms with E-state index in [1.807, 2.05) is 6.07 Å². The minimum absolute atomic E-state index is 0.856. The molecule has 0 radical (unpaired) electrons. The highest BCUT2D eigenvalue weighted by atomic mass is 16.3. The second-order valence-corrected chi connectivity index (χ2v) is 16.0. The zero-order valence-electron chi connectivity index (χ0n) is 33.9. The van der Waals surface area contributed by atoms with Crippen LogP contribution < -0.4 is 4.90 Å². The highest BCUT2D eigenvalue weighted by Crippen LogP contribution is 2.49. The lowest BCUT2D eigenvalue weighted by Gasteiger charge is -2.29. The Hall–Kier alpha value is -8.20. The predicted molar refractivity (Wildman–Crippen MR) is 263 cm³/mol. The van der Waals surface area contributed by atoms with Crippen molar-refractivity contribution in [1.82, 2.24) is 0 Å². The molecule has 0 fully saturated rings. The van der Waals surface area contributed by atoms with Crippen LogP contribution in [0.4, 0.5) is 17.1 Å². The van der Waals surface area contributed by atoms with E-state index >= 15 is 0 Å². The fraction of sp³-hybridized carbons (Fsp3) is 0. The van der Waals surface area contributed by atoms with Gasteiger partial charge in [0.05, 0.1) is 16.8 Å². The van der Waals surface area contributed by atoms with Crippen molar-refractivity contribution < 1.29 is 4.42 Å². The smallest absolute Gasteiger partial charge is 0.137 e. The maximum atomic E-state index is 6.53. The molecule has 11 aromatic carbocycles. The van der Waals surface area contributed by atoms with E-state index in [0.717, 1.165) is 55.7 Å². The van der Waals surface area contributed by atoms with Gasteiger partial charge in [-0.15, -0.1) is 0 Å². The van der Waals surface area contributed by atoms with Gasteiger partial charge in [-0.05, 0) is 114 Å². The van der Waals surface area contributed by atoms with Gasteiger partial charge >= 0.3 is 0 Å². The van der Waals surface area contributed by atoms with Crippen molar-refractivity contribution in [2.45, 2.75) is 0 Å². The number of rotatable bonds is 7. The third-order valence-corrected chi connectivity index (χ3v) is 12.4. The quantitative estimate of drug-likeness (QED) is 0.150. The molecular weight excluding hydrogens is 751 g/mol. The molecule has 0 unspecified atom stereocenters. The van der Waals surface area contributed by atoms with Crippen molar-refractivity contribution in [2.75, 3.05) is 4.90 Å². The first-order valence-electron chi connectivity index (χ1n) is 21.3. The van der Waals surface area contributed by atoms with Crippen LogP contribution >= 0.6 is 0 Å². The standard InChI is InChI=1S/C60H39NO/c1-3-19-41(20-4-1)58-51-29-10-9-28-49(51)50-37-36-44(39-53(50)59(58)42-21-5-2-6-22-42)48-27-11-13-32-54(48)61(55-33-17-35-57-60(55)52-30-12-14-34-56(52)62-57)45-25-15-24-43(38-45)47-31-16-23-40-18-7-8-26-46(40)47/h1-39H. The molecule has 2 nitrogen and oxygen atoms in total. The number of nitrogens with zero attached hydrogens (tertiary/aromatic N) is 1. The summed E-state index contributed by atoms with van der Waals surface area (Å²) in [4.78, 5) is 2.44. The van der Waals surface area contributed by atoms with Crippen LogP contribution in [-0.2, 0) is 0 Å². The van der Waals surface area contributed by atoms with Crippen molar-refractivity contribution in [1.29, 1.82) is 0 Å². The van der Waals surface area contributed by atoms with Crippen LogP contribution in [0.5, 0.6) is 0 Å². The molecule has 0 saturated heterocycles. The number of hydrogen-bond donors (Lipinski definition) is 0. The average molecular weight is 790 g/mol. The summed E-state index contributed by atoms with van der Waals surface area (Å²) in [6.45, 7) is 0. The Kier molecular flexibility index (Phi) is 8.53. The molecule has 2 heteroatoms. The van der Waals surface area contributed by atoms with Gasteiger partial charge in [-0.2, -0.15) is 0 Å². The average Bonchev–Trinajstić information content (AvgIpc) is 3.74. The Bertz CT molecular complexity index is 3630. The van der Waals surface area contributed by atoms with Gasteiger partial charge in [0.25, 0.3) is 0 Å². The van der Waals surface area contributed by atoms with Crippen molar-refractivity contribution in [3.8, 4) is 44.5 Å². The monoisotopic (exact) mass is 789 g/mol. The van der Waals surface area contributed by atoms with Crippen molar-refractivity contribution in [2.24, 2.45) is 0 Å². The molecular formula is C60H39NO. The first-order valence-corrected chi connectivity index (χ1v) is 21.3. The molecule has 1 aromatic heterocycles. The van der Waals surface area contributed by atoms with Gasteiger partial charge in [0.2, 0.25) is 0 Å². The first kappa shape index (κ1) is 35.7. The lowest BCUT2D eigenvalue weighted by Crippen LogP contribution is -2.11. The fourth-order valence-corrected chi connectivity index (χ4v) is 9.72. The van der Waals surface area contributed by atoms with Crippen LogP contribution in [0, 0.1) is 0 Å². The molecule has 62 heavy (non-hydrogen) atoms. The lowest BCUT2D eigenvalue weighted by molar-refractivity contribution is 0.669. The van der Waals surface area contributed by atoms with Crippen LogP contribution in [-0.4, -0.2) is 0 Å². The summed E-state index contributed by atoms with van der Waals surface area (Å²) < 4.78 is 6.53. The summed E-state index contributed by atoms with van der Waals surface area (Å²) >= 11 is 0. The second kappa shape index (κ2) is 14.8. The van der Waals surface area contributed by atoms with Crippen molar-refractivity contribution in [3.63, 3.8) is 0 Å². The van der Waals surface area contributed by atoms with Crippen LogP contribution in [0.25, 0.3) is 98.8 Å². The van der Waals surface area contributed by atoms with Crippen molar-refractivity contribution in [3.05, 3.63) is 237 Å². The Labute approximate surface area is 360 Å². The molecule has 0 aliphatic heterocycles. The zero-order chi connectivity index (χ0) is 41.0. The summed E-state index contributed by atoms with van der Waals surface area (Å²) in [5, 5.41) is 9.56. The van der Waals surface area contributed by atoms with E-state index in [1.54, 1.807) is 0 Å². The minimum atomic E-state index is 0.856. The molecule has 0 amide bonds. The molecule has 1 heterocycles. The van der Waals surface area contributed by atoms with Gasteiger partial charge in [0, 0.05) is 16.6 Å². The van der Waals surface area contributed by atoms with E-state index < -0.39 is 0 Å². The summed E-state index contributed by atoms with van der Waals surface area (Å²) in [7, 11) is 0. The molecule has 12 rings (SSSR count). The number of hydrogen-bond acceptors (Lipinski definition) is 2. The normalized spacial score (nSPS) is 11.5.